The maximum atomic E-state index is 13.1. The number of likely N-dealkylation sites (tertiary alicyclic amines) is 1. The van der Waals surface area contributed by atoms with Crippen LogP contribution < -0.4 is 0 Å². The van der Waals surface area contributed by atoms with E-state index in [4.69, 9.17) is 0 Å². The van der Waals surface area contributed by atoms with Crippen molar-refractivity contribution >= 4 is 16.9 Å². The summed E-state index contributed by atoms with van der Waals surface area (Å²) in [4.78, 5) is 22.8. The minimum Gasteiger partial charge on any atom is -0.338 e. The Kier molecular flexibility index (Phi) is 3.78. The monoisotopic (exact) mass is 398 g/mol. The lowest BCUT2D eigenvalue weighted by atomic mass is 9.94. The van der Waals surface area contributed by atoms with Crippen molar-refractivity contribution in [3.63, 3.8) is 0 Å². The first-order valence-corrected chi connectivity index (χ1v) is 10.4. The van der Waals surface area contributed by atoms with Crippen LogP contribution in [0.1, 0.15) is 36.0 Å². The minimum atomic E-state index is 0.107. The highest BCUT2D eigenvalue weighted by molar-refractivity contribution is 5.97. The first-order valence-electron chi connectivity index (χ1n) is 10.4. The van der Waals surface area contributed by atoms with Crippen molar-refractivity contribution in [2.24, 2.45) is 5.41 Å². The molecule has 1 aromatic carbocycles. The molecule has 1 aliphatic carbocycles. The average molecular weight is 398 g/mol. The second-order valence-electron chi connectivity index (χ2n) is 8.54. The number of amides is 1. The Bertz CT molecular complexity index is 1240. The van der Waals surface area contributed by atoms with E-state index in [-0.39, 0.29) is 5.91 Å². The Morgan fingerprint density at radius 1 is 1.13 bits per heavy atom. The fraction of sp³-hybridized carbons (Fsp3) is 0.304. The summed E-state index contributed by atoms with van der Waals surface area (Å²) < 4.78 is 2.03. The van der Waals surface area contributed by atoms with Gasteiger partial charge in [0.2, 0.25) is 0 Å². The van der Waals surface area contributed by atoms with E-state index in [1.54, 1.807) is 12.5 Å². The van der Waals surface area contributed by atoms with Crippen molar-refractivity contribution in [2.45, 2.75) is 25.7 Å². The number of piperidine rings is 1. The number of nitrogens with zero attached hydrogens (tertiary/aromatic N) is 5. The second kappa shape index (κ2) is 6.52. The van der Waals surface area contributed by atoms with Gasteiger partial charge in [0, 0.05) is 42.1 Å². The lowest BCUT2D eigenvalue weighted by Gasteiger charge is -2.33. The zero-order chi connectivity index (χ0) is 20.1. The zero-order valence-corrected chi connectivity index (χ0v) is 16.6. The topological polar surface area (TPSA) is 79.7 Å². The summed E-state index contributed by atoms with van der Waals surface area (Å²) in [5, 5.41) is 8.91. The van der Waals surface area contributed by atoms with E-state index in [2.05, 4.69) is 20.2 Å². The quantitative estimate of drug-likeness (QED) is 0.569. The molecule has 4 aromatic rings. The number of aromatic amines is 1. The summed E-state index contributed by atoms with van der Waals surface area (Å²) in [6, 6.07) is 12.0. The fourth-order valence-corrected chi connectivity index (χ4v) is 4.65. The molecule has 1 aliphatic heterocycles. The van der Waals surface area contributed by atoms with Gasteiger partial charge in [0.25, 0.3) is 5.91 Å². The summed E-state index contributed by atoms with van der Waals surface area (Å²) in [7, 11) is 0. The molecule has 0 bridgehead atoms. The van der Waals surface area contributed by atoms with E-state index in [1.165, 1.54) is 19.3 Å². The largest absolute Gasteiger partial charge is 0.338 e. The van der Waals surface area contributed by atoms with Gasteiger partial charge in [0.1, 0.15) is 12.0 Å². The van der Waals surface area contributed by atoms with Gasteiger partial charge in [-0.15, -0.1) is 10.2 Å². The molecule has 150 valence electrons. The first kappa shape index (κ1) is 17.4. The van der Waals surface area contributed by atoms with Crippen LogP contribution in [-0.4, -0.2) is 48.6 Å². The predicted octanol–water partition coefficient (Wildman–Crippen LogP) is 3.83. The number of carbonyl (C=O) groups excluding carboxylic acids is 1. The van der Waals surface area contributed by atoms with Gasteiger partial charge < -0.3 is 14.5 Å². The number of carbonyl (C=O) groups is 1. The molecule has 0 atom stereocenters. The molecule has 3 aromatic heterocycles. The van der Waals surface area contributed by atoms with Crippen LogP contribution >= 0.6 is 0 Å². The van der Waals surface area contributed by atoms with E-state index in [1.807, 2.05) is 52.1 Å². The van der Waals surface area contributed by atoms with Gasteiger partial charge in [0.15, 0.2) is 5.82 Å². The molecule has 1 saturated carbocycles. The Labute approximate surface area is 173 Å². The molecule has 1 N–H and O–H groups in total. The maximum absolute atomic E-state index is 13.1. The molecular weight excluding hydrogens is 376 g/mol. The molecule has 6 rings (SSSR count). The third-order valence-electron chi connectivity index (χ3n) is 6.49. The number of nitrogens with one attached hydrogen (secondary N) is 1. The first-order chi connectivity index (χ1) is 14.7. The Morgan fingerprint density at radius 2 is 2.07 bits per heavy atom. The van der Waals surface area contributed by atoms with Crippen molar-refractivity contribution in [3.8, 4) is 17.1 Å². The number of hydrogen-bond acceptors (Lipinski definition) is 4. The standard InChI is InChI=1S/C23H22N6O/c30-22(28-9-2-6-23(14-28)7-8-23)18-11-17-5-10-29(21(17)24-13-18)19-4-1-3-16(12-19)20-25-15-26-27-20/h1,3-5,10-13,15H,2,6-9,14H2,(H,25,26,27). The molecule has 2 aliphatic rings. The lowest BCUT2D eigenvalue weighted by molar-refractivity contribution is 0.0654. The molecule has 7 heteroatoms. The number of H-pyrrole nitrogens is 1. The van der Waals surface area contributed by atoms with Crippen molar-refractivity contribution in [1.29, 1.82) is 0 Å². The summed E-state index contributed by atoms with van der Waals surface area (Å²) in [6.07, 6.45) is 10.2. The normalized spacial score (nSPS) is 17.5. The van der Waals surface area contributed by atoms with Crippen molar-refractivity contribution in [1.82, 2.24) is 29.6 Å². The smallest absolute Gasteiger partial charge is 0.255 e. The summed E-state index contributed by atoms with van der Waals surface area (Å²) >= 11 is 0. The zero-order valence-electron chi connectivity index (χ0n) is 16.6. The molecule has 30 heavy (non-hydrogen) atoms. The van der Waals surface area contributed by atoms with Crippen LogP contribution in [-0.2, 0) is 0 Å². The fourth-order valence-electron chi connectivity index (χ4n) is 4.65. The molecular formula is C23H22N6O. The SMILES string of the molecule is O=C(c1cnc2c(ccn2-c2cccc(-c3nnc[nH]3)c2)c1)N1CCCC2(CC2)C1. The molecule has 1 amide bonds. The van der Waals surface area contributed by atoms with Gasteiger partial charge in [-0.25, -0.2) is 4.98 Å². The van der Waals surface area contributed by atoms with Crippen LogP contribution in [0.2, 0.25) is 0 Å². The molecule has 2 fully saturated rings. The van der Waals surface area contributed by atoms with E-state index >= 15 is 0 Å². The highest BCUT2D eigenvalue weighted by atomic mass is 16.2. The van der Waals surface area contributed by atoms with E-state index in [9.17, 15) is 4.79 Å². The van der Waals surface area contributed by atoms with Gasteiger partial charge in [0.05, 0.1) is 5.56 Å². The van der Waals surface area contributed by atoms with Crippen LogP contribution in [0.15, 0.2) is 55.1 Å². The highest BCUT2D eigenvalue weighted by Gasteiger charge is 2.46. The Morgan fingerprint density at radius 3 is 2.90 bits per heavy atom. The van der Waals surface area contributed by atoms with Gasteiger partial charge in [-0.2, -0.15) is 0 Å². The van der Waals surface area contributed by atoms with Crippen LogP contribution in [0.3, 0.4) is 0 Å². The van der Waals surface area contributed by atoms with Crippen LogP contribution in [0.25, 0.3) is 28.1 Å². The average Bonchev–Trinajstić information content (AvgIpc) is 3.21. The highest BCUT2D eigenvalue weighted by Crippen LogP contribution is 2.52. The summed E-state index contributed by atoms with van der Waals surface area (Å²) in [5.74, 6) is 0.833. The number of benzene rings is 1. The van der Waals surface area contributed by atoms with E-state index in [0.29, 0.717) is 11.0 Å². The van der Waals surface area contributed by atoms with Crippen molar-refractivity contribution in [2.75, 3.05) is 13.1 Å². The predicted molar refractivity (Wildman–Crippen MR) is 113 cm³/mol. The van der Waals surface area contributed by atoms with Crippen LogP contribution in [0.5, 0.6) is 0 Å². The molecule has 0 unspecified atom stereocenters. The van der Waals surface area contributed by atoms with E-state index in [0.717, 1.165) is 47.6 Å². The Balaban J connectivity index is 1.31. The Hall–Kier alpha value is -3.48. The van der Waals surface area contributed by atoms with Gasteiger partial charge in [-0.3, -0.25) is 4.79 Å². The number of aromatic nitrogens is 5. The number of pyridine rings is 1. The molecule has 1 saturated heterocycles. The number of fused-ring (bicyclic) bond motifs is 1. The van der Waals surface area contributed by atoms with Crippen molar-refractivity contribution in [3.05, 3.63) is 60.7 Å². The van der Waals surface area contributed by atoms with Crippen LogP contribution in [0.4, 0.5) is 0 Å². The summed E-state index contributed by atoms with van der Waals surface area (Å²) in [6.45, 7) is 1.76. The molecule has 0 radical (unpaired) electrons. The van der Waals surface area contributed by atoms with Crippen LogP contribution in [0, 0.1) is 5.41 Å². The maximum Gasteiger partial charge on any atom is 0.255 e. The van der Waals surface area contributed by atoms with Crippen molar-refractivity contribution < 1.29 is 4.79 Å². The number of rotatable bonds is 3. The van der Waals surface area contributed by atoms with Gasteiger partial charge in [-0.05, 0) is 55.4 Å². The number of hydrogen-bond donors (Lipinski definition) is 1. The molecule has 4 heterocycles. The minimum absolute atomic E-state index is 0.107. The molecule has 7 nitrogen and oxygen atoms in total. The third-order valence-corrected chi connectivity index (χ3v) is 6.49. The van der Waals surface area contributed by atoms with Gasteiger partial charge >= 0.3 is 0 Å². The van der Waals surface area contributed by atoms with Gasteiger partial charge in [-0.1, -0.05) is 12.1 Å². The summed E-state index contributed by atoms with van der Waals surface area (Å²) in [5.41, 5.74) is 3.87. The second-order valence-corrected chi connectivity index (χ2v) is 8.54. The third kappa shape index (κ3) is 2.89. The lowest BCUT2D eigenvalue weighted by Crippen LogP contribution is -2.40. The molecule has 1 spiro atoms. The van der Waals surface area contributed by atoms with E-state index < -0.39 is 0 Å².